The number of hydrogen-bond acceptors (Lipinski definition) is 6. The molecule has 0 bridgehead atoms. The monoisotopic (exact) mass is 739 g/mol. The molecule has 0 atom stereocenters. The van der Waals surface area contributed by atoms with E-state index in [0.717, 1.165) is 42.7 Å². The van der Waals surface area contributed by atoms with Crippen LogP contribution < -0.4 is 9.61 Å². The number of halogens is 3. The van der Waals surface area contributed by atoms with Crippen LogP contribution in [0.15, 0.2) is 108 Å². The number of H-pyrrole nitrogens is 1. The van der Waals surface area contributed by atoms with Crippen LogP contribution >= 0.6 is 0 Å². The van der Waals surface area contributed by atoms with Crippen molar-refractivity contribution in [3.63, 3.8) is 0 Å². The number of aromatic amines is 1. The zero-order valence-electron chi connectivity index (χ0n) is 30.7. The molecule has 0 amide bonds. The van der Waals surface area contributed by atoms with Gasteiger partial charge >= 0.3 is 15.6 Å². The number of nitrogens with zero attached hydrogens (tertiary/aromatic N) is 2. The standard InChI is InChI=1S/C15H17NO.C10H6F3NO3S.C9H7NO.3C2H6/c1-16-10-14(11-6-8-12(17)9-7-11)13-4-2-3-5-15(13)16;11-10(12,13)18(15,16)17-9-5-6-14-8-4-2-1-3-7(8)9;11-9-5-6-10-8-4-2-1-3-7(8)9;3*1-2/h2-5,10-11H,6-9H2,1H3;1-6H;1-6H,(H,10,11);3*1-2H3. The van der Waals surface area contributed by atoms with E-state index in [-0.39, 0.29) is 10.8 Å². The number of ketones is 1. The maximum Gasteiger partial charge on any atom is 0.534 e. The summed E-state index contributed by atoms with van der Waals surface area (Å²) in [6, 6.07) is 24.7. The molecule has 12 heteroatoms. The van der Waals surface area contributed by atoms with E-state index in [1.807, 2.05) is 65.8 Å². The van der Waals surface area contributed by atoms with Crippen molar-refractivity contribution in [2.45, 2.75) is 78.7 Å². The highest BCUT2D eigenvalue weighted by Crippen LogP contribution is 2.36. The summed E-state index contributed by atoms with van der Waals surface area (Å²) in [5.74, 6) is 0.596. The zero-order chi connectivity index (χ0) is 38.9. The van der Waals surface area contributed by atoms with E-state index < -0.39 is 21.4 Å². The Hall–Kier alpha value is -4.97. The molecule has 1 fully saturated rings. The number of para-hydroxylation sites is 3. The molecule has 1 N–H and O–H groups in total. The van der Waals surface area contributed by atoms with Crippen molar-refractivity contribution in [2.24, 2.45) is 7.05 Å². The van der Waals surface area contributed by atoms with Gasteiger partial charge in [0.1, 0.15) is 5.78 Å². The predicted molar refractivity (Wildman–Crippen MR) is 205 cm³/mol. The highest BCUT2D eigenvalue weighted by molar-refractivity contribution is 7.88. The molecule has 8 nitrogen and oxygen atoms in total. The molecule has 1 aliphatic rings. The lowest BCUT2D eigenvalue weighted by atomic mass is 9.83. The number of hydrogen-bond donors (Lipinski definition) is 1. The molecular formula is C40H48F3N3O5S. The first-order chi connectivity index (χ1) is 24.9. The maximum atomic E-state index is 12.2. The number of aromatic nitrogens is 3. The van der Waals surface area contributed by atoms with Crippen molar-refractivity contribution in [1.29, 1.82) is 0 Å². The number of nitrogens with one attached hydrogen (secondary N) is 1. The summed E-state index contributed by atoms with van der Waals surface area (Å²) < 4.78 is 64.6. The van der Waals surface area contributed by atoms with E-state index in [4.69, 9.17) is 0 Å². The number of pyridine rings is 2. The predicted octanol–water partition coefficient (Wildman–Crippen LogP) is 10.5. The summed E-state index contributed by atoms with van der Waals surface area (Å²) in [5.41, 5.74) is -1.45. The second-order valence-corrected chi connectivity index (χ2v) is 12.3. The number of carbonyl (C=O) groups is 1. The summed E-state index contributed by atoms with van der Waals surface area (Å²) in [6.45, 7) is 12.0. The summed E-state index contributed by atoms with van der Waals surface area (Å²) in [4.78, 5) is 29.3. The molecule has 0 aliphatic heterocycles. The molecule has 3 aromatic heterocycles. The van der Waals surface area contributed by atoms with Crippen molar-refractivity contribution < 1.29 is 30.6 Å². The Morgan fingerprint density at radius 2 is 1.33 bits per heavy atom. The molecular weight excluding hydrogens is 692 g/mol. The van der Waals surface area contributed by atoms with Gasteiger partial charge in [-0.3, -0.25) is 14.6 Å². The first-order valence-corrected chi connectivity index (χ1v) is 18.8. The fraction of sp³-hybridized carbons (Fsp3) is 0.325. The van der Waals surface area contributed by atoms with E-state index >= 15 is 0 Å². The summed E-state index contributed by atoms with van der Waals surface area (Å²) in [5, 5.41) is 2.29. The van der Waals surface area contributed by atoms with Crippen molar-refractivity contribution in [1.82, 2.24) is 14.5 Å². The van der Waals surface area contributed by atoms with Crippen LogP contribution in [0.25, 0.3) is 32.7 Å². The average molecular weight is 740 g/mol. The lowest BCUT2D eigenvalue weighted by molar-refractivity contribution is -0.120. The molecule has 0 unspecified atom stereocenters. The van der Waals surface area contributed by atoms with Gasteiger partial charge in [-0.1, -0.05) is 84.0 Å². The van der Waals surface area contributed by atoms with Crippen molar-refractivity contribution in [3.05, 3.63) is 119 Å². The number of aryl methyl sites for hydroxylation is 1. The fourth-order valence-electron chi connectivity index (χ4n) is 5.38. The first-order valence-electron chi connectivity index (χ1n) is 17.4. The van der Waals surface area contributed by atoms with Gasteiger partial charge < -0.3 is 13.7 Å². The van der Waals surface area contributed by atoms with Crippen LogP contribution in [0.5, 0.6) is 5.75 Å². The van der Waals surface area contributed by atoms with Crippen LogP contribution in [0.1, 0.15) is 78.7 Å². The van der Waals surface area contributed by atoms with Crippen LogP contribution in [0.3, 0.4) is 0 Å². The minimum Gasteiger partial charge on any atom is -0.375 e. The molecule has 280 valence electrons. The fourth-order valence-corrected chi connectivity index (χ4v) is 5.85. The molecule has 0 radical (unpaired) electrons. The van der Waals surface area contributed by atoms with Gasteiger partial charge in [0.25, 0.3) is 0 Å². The topological polar surface area (TPSA) is 111 Å². The maximum absolute atomic E-state index is 12.2. The summed E-state index contributed by atoms with van der Waals surface area (Å²) in [7, 11) is -3.57. The Morgan fingerprint density at radius 1 is 0.769 bits per heavy atom. The third-order valence-electron chi connectivity index (χ3n) is 7.67. The number of carbonyl (C=O) groups excluding carboxylic acids is 1. The normalized spacial score (nSPS) is 12.7. The Bertz CT molecular complexity index is 2160. The number of alkyl halides is 3. The van der Waals surface area contributed by atoms with Gasteiger partial charge in [-0.15, -0.1) is 0 Å². The SMILES string of the molecule is CC.CC.CC.Cn1cc(C2CCC(=O)CC2)c2ccccc21.O=S(=O)(Oc1ccnc2ccccc12)C(F)(F)F.O=c1cc[nH]c2ccccc12. The molecule has 6 aromatic rings. The van der Waals surface area contributed by atoms with Crippen LogP contribution in [0.2, 0.25) is 0 Å². The van der Waals surface area contributed by atoms with Gasteiger partial charge in [-0.05, 0) is 54.7 Å². The van der Waals surface area contributed by atoms with Gasteiger partial charge in [0.15, 0.2) is 11.2 Å². The Balaban J connectivity index is 0.000000257. The number of fused-ring (bicyclic) bond motifs is 3. The summed E-state index contributed by atoms with van der Waals surface area (Å²) in [6.07, 6.45) is 8.63. The van der Waals surface area contributed by atoms with Gasteiger partial charge in [0, 0.05) is 77.8 Å². The van der Waals surface area contributed by atoms with Gasteiger partial charge in [-0.2, -0.15) is 21.6 Å². The Morgan fingerprint density at radius 3 is 1.94 bits per heavy atom. The third kappa shape index (κ3) is 11.3. The molecule has 1 saturated carbocycles. The quantitative estimate of drug-likeness (QED) is 0.143. The van der Waals surface area contributed by atoms with Crippen molar-refractivity contribution in [3.8, 4) is 5.75 Å². The van der Waals surface area contributed by atoms with E-state index in [9.17, 15) is 31.2 Å². The average Bonchev–Trinajstić information content (AvgIpc) is 3.51. The van der Waals surface area contributed by atoms with Crippen molar-refractivity contribution in [2.75, 3.05) is 0 Å². The van der Waals surface area contributed by atoms with E-state index in [0.29, 0.717) is 17.2 Å². The minimum absolute atomic E-state index is 0.0688. The van der Waals surface area contributed by atoms with Gasteiger partial charge in [0.2, 0.25) is 0 Å². The van der Waals surface area contributed by atoms with Crippen LogP contribution in [0.4, 0.5) is 13.2 Å². The molecule has 3 aromatic carbocycles. The van der Waals surface area contributed by atoms with Crippen molar-refractivity contribution >= 4 is 48.6 Å². The molecule has 1 aliphatic carbocycles. The van der Waals surface area contributed by atoms with E-state index in [1.165, 1.54) is 46.9 Å². The molecule has 3 heterocycles. The number of benzene rings is 3. The highest BCUT2D eigenvalue weighted by atomic mass is 32.2. The largest absolute Gasteiger partial charge is 0.534 e. The third-order valence-corrected chi connectivity index (χ3v) is 8.63. The minimum atomic E-state index is -5.67. The lowest BCUT2D eigenvalue weighted by Gasteiger charge is -2.20. The number of rotatable bonds is 3. The van der Waals surface area contributed by atoms with E-state index in [2.05, 4.69) is 56.2 Å². The lowest BCUT2D eigenvalue weighted by Crippen LogP contribution is -2.28. The second kappa shape index (κ2) is 20.8. The smallest absolute Gasteiger partial charge is 0.375 e. The highest BCUT2D eigenvalue weighted by Gasteiger charge is 2.48. The molecule has 0 saturated heterocycles. The second-order valence-electron chi connectivity index (χ2n) is 10.7. The zero-order valence-corrected chi connectivity index (χ0v) is 31.5. The molecule has 52 heavy (non-hydrogen) atoms. The number of Topliss-reactive ketones (excluding diaryl/α,β-unsaturated/α-hetero) is 1. The van der Waals surface area contributed by atoms with Crippen LogP contribution in [-0.2, 0) is 22.0 Å². The Kier molecular flexibility index (Phi) is 17.3. The van der Waals surface area contributed by atoms with Gasteiger partial charge in [-0.25, -0.2) is 0 Å². The van der Waals surface area contributed by atoms with Crippen LogP contribution in [0, 0.1) is 0 Å². The first kappa shape index (κ1) is 43.2. The molecule has 0 spiro atoms. The van der Waals surface area contributed by atoms with E-state index in [1.54, 1.807) is 12.3 Å². The summed E-state index contributed by atoms with van der Waals surface area (Å²) >= 11 is 0. The Labute approximate surface area is 303 Å². The van der Waals surface area contributed by atoms with Crippen LogP contribution in [-0.4, -0.2) is 34.2 Å². The van der Waals surface area contributed by atoms with Gasteiger partial charge in [0.05, 0.1) is 5.52 Å². The molecule has 7 rings (SSSR count).